The summed E-state index contributed by atoms with van der Waals surface area (Å²) in [5.41, 5.74) is 4.31. The molecule has 0 spiro atoms. The minimum Gasteiger partial charge on any atom is -0.350 e. The molecule has 2 atom stereocenters. The molecule has 0 bridgehead atoms. The lowest BCUT2D eigenvalue weighted by atomic mass is 9.87. The molecule has 0 aliphatic carbocycles. The van der Waals surface area contributed by atoms with Crippen molar-refractivity contribution < 1.29 is 9.59 Å². The molecule has 0 saturated heterocycles. The number of rotatable bonds is 8. The van der Waals surface area contributed by atoms with Crippen LogP contribution in [0.3, 0.4) is 0 Å². The van der Waals surface area contributed by atoms with Gasteiger partial charge in [-0.1, -0.05) is 26.3 Å². The predicted molar refractivity (Wildman–Crippen MR) is 126 cm³/mol. The monoisotopic (exact) mass is 438 g/mol. The van der Waals surface area contributed by atoms with Crippen LogP contribution in [0.2, 0.25) is 0 Å². The van der Waals surface area contributed by atoms with Crippen molar-refractivity contribution >= 4 is 17.5 Å². The van der Waals surface area contributed by atoms with Crippen LogP contribution in [0.4, 0.5) is 5.69 Å². The molecule has 1 aliphatic rings. The molecule has 2 N–H and O–H groups in total. The van der Waals surface area contributed by atoms with Gasteiger partial charge in [0.1, 0.15) is 12.2 Å². The number of anilines is 1. The zero-order chi connectivity index (χ0) is 23.4. The quantitative estimate of drug-likeness (QED) is 0.660. The molecule has 0 radical (unpaired) electrons. The van der Waals surface area contributed by atoms with Crippen molar-refractivity contribution in [2.45, 2.75) is 73.4 Å². The standard InChI is InChI=1S/C25H34N4O3/c1-6-15(2)7-9-19-12-21-11-17(4)29(25(32)23(21)28-24(19)31)14-22(30)26-13-20-10-8-16(3)27-18(20)5/h8,10-11,15,19H,6-7,9,12-14H2,1-5H3,(H,26,30)(H,28,31)/t15-,19?/m0/s1. The van der Waals surface area contributed by atoms with E-state index < -0.39 is 0 Å². The highest BCUT2D eigenvalue weighted by atomic mass is 16.2. The summed E-state index contributed by atoms with van der Waals surface area (Å²) in [4.78, 5) is 42.6. The molecular weight excluding hydrogens is 404 g/mol. The Hall–Kier alpha value is -2.96. The third kappa shape index (κ3) is 5.44. The van der Waals surface area contributed by atoms with Gasteiger partial charge in [0.25, 0.3) is 5.56 Å². The number of amides is 2. The number of hydrogen-bond acceptors (Lipinski definition) is 4. The lowest BCUT2D eigenvalue weighted by Gasteiger charge is -2.26. The van der Waals surface area contributed by atoms with Crippen LogP contribution in [0.1, 0.15) is 61.3 Å². The predicted octanol–water partition coefficient (Wildman–Crippen LogP) is 3.42. The molecule has 172 valence electrons. The van der Waals surface area contributed by atoms with E-state index in [1.807, 2.05) is 39.0 Å². The van der Waals surface area contributed by atoms with Gasteiger partial charge < -0.3 is 15.2 Å². The average molecular weight is 439 g/mol. The first-order chi connectivity index (χ1) is 15.2. The summed E-state index contributed by atoms with van der Waals surface area (Å²) >= 11 is 0. The second kappa shape index (κ2) is 10.1. The molecule has 3 heterocycles. The number of aromatic nitrogens is 2. The molecule has 1 aliphatic heterocycles. The third-order valence-corrected chi connectivity index (χ3v) is 6.49. The number of pyridine rings is 2. The van der Waals surface area contributed by atoms with Crippen molar-refractivity contribution in [3.05, 3.63) is 56.8 Å². The number of aryl methyl sites for hydroxylation is 3. The van der Waals surface area contributed by atoms with Crippen molar-refractivity contribution in [3.8, 4) is 0 Å². The Labute approximate surface area is 189 Å². The summed E-state index contributed by atoms with van der Waals surface area (Å²) in [6, 6.07) is 5.78. The molecule has 7 nitrogen and oxygen atoms in total. The van der Waals surface area contributed by atoms with E-state index in [1.54, 1.807) is 0 Å². The molecule has 0 fully saturated rings. The topological polar surface area (TPSA) is 93.1 Å². The fraction of sp³-hybridized carbons (Fsp3) is 0.520. The van der Waals surface area contributed by atoms with Crippen LogP contribution < -0.4 is 16.2 Å². The zero-order valence-electron chi connectivity index (χ0n) is 19.7. The van der Waals surface area contributed by atoms with Crippen LogP contribution in [0, 0.1) is 32.6 Å². The van der Waals surface area contributed by atoms with E-state index in [9.17, 15) is 14.4 Å². The van der Waals surface area contributed by atoms with E-state index in [4.69, 9.17) is 0 Å². The maximum Gasteiger partial charge on any atom is 0.275 e. The molecular formula is C25H34N4O3. The number of fused-ring (bicyclic) bond motifs is 1. The molecule has 0 saturated carbocycles. The normalized spacial score (nSPS) is 16.3. The van der Waals surface area contributed by atoms with E-state index >= 15 is 0 Å². The van der Waals surface area contributed by atoms with E-state index in [0.717, 1.165) is 41.8 Å². The van der Waals surface area contributed by atoms with Crippen molar-refractivity contribution in [1.82, 2.24) is 14.9 Å². The molecule has 1 unspecified atom stereocenters. The smallest absolute Gasteiger partial charge is 0.275 e. The first-order valence-corrected chi connectivity index (χ1v) is 11.4. The minimum absolute atomic E-state index is 0.0937. The van der Waals surface area contributed by atoms with Gasteiger partial charge >= 0.3 is 0 Å². The maximum absolute atomic E-state index is 13.1. The van der Waals surface area contributed by atoms with E-state index in [-0.39, 0.29) is 29.8 Å². The van der Waals surface area contributed by atoms with Gasteiger partial charge in [0, 0.05) is 29.5 Å². The lowest BCUT2D eigenvalue weighted by molar-refractivity contribution is -0.122. The summed E-state index contributed by atoms with van der Waals surface area (Å²) in [6.07, 6.45) is 3.48. The van der Waals surface area contributed by atoms with Gasteiger partial charge in [-0.25, -0.2) is 0 Å². The Kier molecular flexibility index (Phi) is 7.48. The summed E-state index contributed by atoms with van der Waals surface area (Å²) < 4.78 is 1.42. The lowest BCUT2D eigenvalue weighted by Crippen LogP contribution is -2.39. The first-order valence-electron chi connectivity index (χ1n) is 11.4. The molecule has 32 heavy (non-hydrogen) atoms. The van der Waals surface area contributed by atoms with Crippen molar-refractivity contribution in [2.24, 2.45) is 11.8 Å². The summed E-state index contributed by atoms with van der Waals surface area (Å²) in [5.74, 6) is 0.113. The Morgan fingerprint density at radius 1 is 1.28 bits per heavy atom. The second-order valence-corrected chi connectivity index (χ2v) is 9.03. The van der Waals surface area contributed by atoms with Crippen LogP contribution in [-0.4, -0.2) is 21.4 Å². The van der Waals surface area contributed by atoms with E-state index in [1.165, 1.54) is 4.57 Å². The van der Waals surface area contributed by atoms with Crippen LogP contribution in [0.15, 0.2) is 23.0 Å². The number of nitrogens with one attached hydrogen (secondary N) is 2. The fourth-order valence-electron chi connectivity index (χ4n) is 4.13. The van der Waals surface area contributed by atoms with Gasteiger partial charge in [0.05, 0.1) is 0 Å². The highest BCUT2D eigenvalue weighted by molar-refractivity contribution is 5.95. The van der Waals surface area contributed by atoms with Gasteiger partial charge in [-0.2, -0.15) is 0 Å². The Bertz CT molecular complexity index is 1070. The zero-order valence-corrected chi connectivity index (χ0v) is 19.7. The first kappa shape index (κ1) is 23.7. The number of hydrogen-bond donors (Lipinski definition) is 2. The van der Waals surface area contributed by atoms with Gasteiger partial charge in [-0.15, -0.1) is 0 Å². The maximum atomic E-state index is 13.1. The Balaban J connectivity index is 1.70. The summed E-state index contributed by atoms with van der Waals surface area (Å²) in [7, 11) is 0. The molecule has 2 amide bonds. The Morgan fingerprint density at radius 2 is 2.03 bits per heavy atom. The van der Waals surface area contributed by atoms with Crippen molar-refractivity contribution in [3.63, 3.8) is 0 Å². The highest BCUT2D eigenvalue weighted by Crippen LogP contribution is 2.27. The minimum atomic E-state index is -0.322. The third-order valence-electron chi connectivity index (χ3n) is 6.49. The van der Waals surface area contributed by atoms with E-state index in [0.29, 0.717) is 30.3 Å². The van der Waals surface area contributed by atoms with Crippen molar-refractivity contribution in [1.29, 1.82) is 0 Å². The molecule has 2 aromatic heterocycles. The second-order valence-electron chi connectivity index (χ2n) is 9.03. The van der Waals surface area contributed by atoms with Crippen LogP contribution in [0.25, 0.3) is 0 Å². The van der Waals surface area contributed by atoms with Gasteiger partial charge in [-0.3, -0.25) is 19.4 Å². The Morgan fingerprint density at radius 3 is 2.72 bits per heavy atom. The van der Waals surface area contributed by atoms with Gasteiger partial charge in [0.2, 0.25) is 11.8 Å². The van der Waals surface area contributed by atoms with Crippen molar-refractivity contribution in [2.75, 3.05) is 5.32 Å². The summed E-state index contributed by atoms with van der Waals surface area (Å²) in [5, 5.41) is 5.68. The number of carbonyl (C=O) groups excluding carboxylic acids is 2. The number of carbonyl (C=O) groups is 2. The van der Waals surface area contributed by atoms with Crippen LogP contribution in [0.5, 0.6) is 0 Å². The van der Waals surface area contributed by atoms with Gasteiger partial charge in [0.15, 0.2) is 0 Å². The van der Waals surface area contributed by atoms with Gasteiger partial charge in [-0.05, 0) is 69.2 Å². The van der Waals surface area contributed by atoms with Crippen LogP contribution in [-0.2, 0) is 29.1 Å². The highest BCUT2D eigenvalue weighted by Gasteiger charge is 2.29. The molecule has 0 aromatic carbocycles. The average Bonchev–Trinajstić information content (AvgIpc) is 2.75. The van der Waals surface area contributed by atoms with Crippen LogP contribution >= 0.6 is 0 Å². The molecule has 2 aromatic rings. The van der Waals surface area contributed by atoms with E-state index in [2.05, 4.69) is 29.5 Å². The largest absolute Gasteiger partial charge is 0.350 e. The SMILES string of the molecule is CC[C@H](C)CCC1Cc2cc(C)n(CC(=O)NCc3ccc(C)nc3C)c(=O)c2NC1=O. The summed E-state index contributed by atoms with van der Waals surface area (Å²) in [6.45, 7) is 10.3. The number of nitrogens with zero attached hydrogens (tertiary/aromatic N) is 2. The molecule has 7 heteroatoms. The fourth-order valence-corrected chi connectivity index (χ4v) is 4.13. The molecule has 3 rings (SSSR count).